The summed E-state index contributed by atoms with van der Waals surface area (Å²) in [6.07, 6.45) is 1.43. The molecule has 2 heterocycles. The van der Waals surface area contributed by atoms with Crippen LogP contribution >= 0.6 is 0 Å². The molecule has 3 amide bonds. The molecule has 0 aromatic heterocycles. The number of morpholine rings is 1. The van der Waals surface area contributed by atoms with Gasteiger partial charge in [-0.3, -0.25) is 4.79 Å². The molecule has 2 saturated heterocycles. The Labute approximate surface area is 164 Å². The highest BCUT2D eigenvalue weighted by molar-refractivity contribution is 5.91. The minimum atomic E-state index is -0.720. The van der Waals surface area contributed by atoms with E-state index in [1.807, 2.05) is 31.2 Å². The van der Waals surface area contributed by atoms with Gasteiger partial charge in [-0.2, -0.15) is 0 Å². The lowest BCUT2D eigenvalue weighted by Crippen LogP contribution is -2.56. The van der Waals surface area contributed by atoms with Crippen molar-refractivity contribution in [1.82, 2.24) is 9.80 Å². The minimum Gasteiger partial charge on any atom is -0.467 e. The largest absolute Gasteiger partial charge is 0.467 e. The number of likely N-dealkylation sites (tertiary alicyclic amines) is 1. The monoisotopic (exact) mass is 389 g/mol. The first-order valence-corrected chi connectivity index (χ1v) is 9.58. The Kier molecular flexibility index (Phi) is 6.51. The fourth-order valence-electron chi connectivity index (χ4n) is 3.72. The number of nitrogens with zero attached hydrogens (tertiary/aromatic N) is 2. The second kappa shape index (κ2) is 9.05. The first-order chi connectivity index (χ1) is 13.5. The van der Waals surface area contributed by atoms with Gasteiger partial charge in [0.25, 0.3) is 0 Å². The molecule has 1 N–H and O–H groups in total. The van der Waals surface area contributed by atoms with Gasteiger partial charge in [-0.15, -0.1) is 0 Å². The standard InChI is InChI=1S/C20H27N3O5/c1-14-5-3-7-16(11-14)21-20(26)22-8-4-6-15(12-22)18(24)23-9-10-28-13-17(23)19(25)27-2/h3,5,7,11,15,17H,4,6,8-10,12-13H2,1-2H3,(H,21,26). The highest BCUT2D eigenvalue weighted by atomic mass is 16.5. The van der Waals surface area contributed by atoms with Gasteiger partial charge in [0.15, 0.2) is 6.04 Å². The summed E-state index contributed by atoms with van der Waals surface area (Å²) >= 11 is 0. The van der Waals surface area contributed by atoms with Crippen LogP contribution in [-0.2, 0) is 19.1 Å². The molecule has 3 rings (SSSR count). The van der Waals surface area contributed by atoms with E-state index >= 15 is 0 Å². The number of urea groups is 1. The maximum atomic E-state index is 13.1. The van der Waals surface area contributed by atoms with Gasteiger partial charge >= 0.3 is 12.0 Å². The molecule has 0 radical (unpaired) electrons. The summed E-state index contributed by atoms with van der Waals surface area (Å²) in [5.74, 6) is -0.924. The lowest BCUT2D eigenvalue weighted by atomic mass is 9.95. The number of amides is 3. The Morgan fingerprint density at radius 3 is 2.82 bits per heavy atom. The fraction of sp³-hybridized carbons (Fsp3) is 0.550. The molecule has 152 valence electrons. The minimum absolute atomic E-state index is 0.119. The first kappa shape index (κ1) is 20.1. The SMILES string of the molecule is COC(=O)C1COCCN1C(=O)C1CCCN(C(=O)Nc2cccc(C)c2)C1. The van der Waals surface area contributed by atoms with Gasteiger partial charge in [-0.05, 0) is 37.5 Å². The van der Waals surface area contributed by atoms with Crippen LogP contribution in [0.2, 0.25) is 0 Å². The number of benzene rings is 1. The van der Waals surface area contributed by atoms with Crippen molar-refractivity contribution in [3.05, 3.63) is 29.8 Å². The van der Waals surface area contributed by atoms with Crippen molar-refractivity contribution in [2.45, 2.75) is 25.8 Å². The number of nitrogens with one attached hydrogen (secondary N) is 1. The first-order valence-electron chi connectivity index (χ1n) is 9.58. The summed E-state index contributed by atoms with van der Waals surface area (Å²) in [5.41, 5.74) is 1.79. The summed E-state index contributed by atoms with van der Waals surface area (Å²) in [4.78, 5) is 40.9. The number of hydrogen-bond acceptors (Lipinski definition) is 5. The van der Waals surface area contributed by atoms with Crippen LogP contribution in [0.4, 0.5) is 10.5 Å². The molecular formula is C20H27N3O5. The maximum absolute atomic E-state index is 13.1. The van der Waals surface area contributed by atoms with E-state index in [4.69, 9.17) is 9.47 Å². The van der Waals surface area contributed by atoms with Crippen molar-refractivity contribution < 1.29 is 23.9 Å². The van der Waals surface area contributed by atoms with Gasteiger partial charge in [0.1, 0.15) is 0 Å². The Hall–Kier alpha value is -2.61. The molecule has 2 aliphatic heterocycles. The third-order valence-corrected chi connectivity index (χ3v) is 5.21. The molecule has 0 aliphatic carbocycles. The van der Waals surface area contributed by atoms with Crippen LogP contribution in [0.3, 0.4) is 0 Å². The van der Waals surface area contributed by atoms with Crippen molar-refractivity contribution in [3.63, 3.8) is 0 Å². The molecule has 2 atom stereocenters. The fourth-order valence-corrected chi connectivity index (χ4v) is 3.72. The van der Waals surface area contributed by atoms with Gasteiger partial charge in [0, 0.05) is 25.3 Å². The summed E-state index contributed by atoms with van der Waals surface area (Å²) in [7, 11) is 1.30. The lowest BCUT2D eigenvalue weighted by molar-refractivity contribution is -0.163. The zero-order valence-electron chi connectivity index (χ0n) is 16.3. The van der Waals surface area contributed by atoms with Crippen molar-refractivity contribution in [2.75, 3.05) is 45.3 Å². The second-order valence-corrected chi connectivity index (χ2v) is 7.23. The summed E-state index contributed by atoms with van der Waals surface area (Å²) in [6.45, 7) is 3.79. The molecular weight excluding hydrogens is 362 g/mol. The molecule has 1 aromatic carbocycles. The molecule has 8 heteroatoms. The van der Waals surface area contributed by atoms with Crippen LogP contribution in [-0.4, -0.2) is 73.7 Å². The molecule has 2 aliphatic rings. The number of anilines is 1. The van der Waals surface area contributed by atoms with Gasteiger partial charge in [-0.25, -0.2) is 9.59 Å². The van der Waals surface area contributed by atoms with Crippen LogP contribution in [0.25, 0.3) is 0 Å². The molecule has 2 unspecified atom stereocenters. The number of aryl methyl sites for hydroxylation is 1. The molecule has 0 bridgehead atoms. The van der Waals surface area contributed by atoms with E-state index in [-0.39, 0.29) is 24.5 Å². The predicted molar refractivity (Wildman–Crippen MR) is 103 cm³/mol. The van der Waals surface area contributed by atoms with Gasteiger partial charge in [0.2, 0.25) is 5.91 Å². The van der Waals surface area contributed by atoms with Crippen molar-refractivity contribution >= 4 is 23.6 Å². The van der Waals surface area contributed by atoms with E-state index in [9.17, 15) is 14.4 Å². The van der Waals surface area contributed by atoms with Crippen LogP contribution in [0.15, 0.2) is 24.3 Å². The highest BCUT2D eigenvalue weighted by Gasteiger charge is 2.38. The van der Waals surface area contributed by atoms with Crippen molar-refractivity contribution in [3.8, 4) is 0 Å². The van der Waals surface area contributed by atoms with Crippen molar-refractivity contribution in [2.24, 2.45) is 5.92 Å². The van der Waals surface area contributed by atoms with E-state index in [2.05, 4.69) is 5.32 Å². The summed E-state index contributed by atoms with van der Waals surface area (Å²) in [6, 6.07) is 6.66. The number of rotatable bonds is 3. The van der Waals surface area contributed by atoms with E-state index in [0.717, 1.165) is 17.7 Å². The van der Waals surface area contributed by atoms with Gasteiger partial charge < -0.3 is 24.6 Å². The van der Waals surface area contributed by atoms with Gasteiger partial charge in [0.05, 0.1) is 26.2 Å². The number of hydrogen-bond donors (Lipinski definition) is 1. The number of esters is 1. The predicted octanol–water partition coefficient (Wildman–Crippen LogP) is 1.64. The normalized spacial score (nSPS) is 22.5. The van der Waals surface area contributed by atoms with Crippen LogP contribution in [0, 0.1) is 12.8 Å². The Morgan fingerprint density at radius 1 is 1.25 bits per heavy atom. The quantitative estimate of drug-likeness (QED) is 0.794. The maximum Gasteiger partial charge on any atom is 0.331 e. The van der Waals surface area contributed by atoms with Crippen LogP contribution in [0.5, 0.6) is 0 Å². The number of methoxy groups -OCH3 is 1. The van der Waals surface area contributed by atoms with E-state index < -0.39 is 12.0 Å². The van der Waals surface area contributed by atoms with Crippen molar-refractivity contribution in [1.29, 1.82) is 0 Å². The molecule has 0 saturated carbocycles. The molecule has 1 aromatic rings. The molecule has 8 nitrogen and oxygen atoms in total. The summed E-state index contributed by atoms with van der Waals surface area (Å²) < 4.78 is 10.1. The summed E-state index contributed by atoms with van der Waals surface area (Å²) in [5, 5.41) is 2.90. The molecule has 0 spiro atoms. The average molecular weight is 389 g/mol. The van der Waals surface area contributed by atoms with Crippen LogP contribution in [0.1, 0.15) is 18.4 Å². The number of piperidine rings is 1. The Bertz CT molecular complexity index is 738. The number of carbonyl (C=O) groups excluding carboxylic acids is 3. The second-order valence-electron chi connectivity index (χ2n) is 7.23. The van der Waals surface area contributed by atoms with E-state index in [0.29, 0.717) is 32.7 Å². The zero-order valence-corrected chi connectivity index (χ0v) is 16.3. The lowest BCUT2D eigenvalue weighted by Gasteiger charge is -2.39. The average Bonchev–Trinajstić information content (AvgIpc) is 2.72. The molecule has 2 fully saturated rings. The van der Waals surface area contributed by atoms with E-state index in [1.165, 1.54) is 7.11 Å². The van der Waals surface area contributed by atoms with Crippen LogP contribution < -0.4 is 5.32 Å². The highest BCUT2D eigenvalue weighted by Crippen LogP contribution is 2.22. The number of ether oxygens (including phenoxy) is 2. The van der Waals surface area contributed by atoms with E-state index in [1.54, 1.807) is 9.80 Å². The third-order valence-electron chi connectivity index (χ3n) is 5.21. The Morgan fingerprint density at radius 2 is 2.07 bits per heavy atom. The molecule has 28 heavy (non-hydrogen) atoms. The van der Waals surface area contributed by atoms with Gasteiger partial charge in [-0.1, -0.05) is 12.1 Å². The third kappa shape index (κ3) is 4.62. The zero-order chi connectivity index (χ0) is 20.1. The Balaban J connectivity index is 1.64. The number of carbonyl (C=O) groups is 3. The topological polar surface area (TPSA) is 88.2 Å². The smallest absolute Gasteiger partial charge is 0.331 e.